The summed E-state index contributed by atoms with van der Waals surface area (Å²) < 4.78 is 0.974. The van der Waals surface area contributed by atoms with Gasteiger partial charge in [0, 0.05) is 10.5 Å². The molecule has 1 amide bonds. The second kappa shape index (κ2) is 6.52. The molecule has 0 fully saturated rings. The average molecular weight is 334 g/mol. The summed E-state index contributed by atoms with van der Waals surface area (Å²) in [6.07, 6.45) is 1.65. The van der Waals surface area contributed by atoms with Crippen molar-refractivity contribution < 1.29 is 4.79 Å². The Balaban J connectivity index is 2.09. The fourth-order valence-electron chi connectivity index (χ4n) is 1.66. The molecule has 20 heavy (non-hydrogen) atoms. The van der Waals surface area contributed by atoms with Crippen LogP contribution in [0, 0.1) is 0 Å². The van der Waals surface area contributed by atoms with Crippen LogP contribution in [0.2, 0.25) is 0 Å². The molecule has 1 aromatic carbocycles. The Kier molecular flexibility index (Phi) is 4.74. The first-order valence-electron chi connectivity index (χ1n) is 6.34. The molecule has 0 aliphatic rings. The van der Waals surface area contributed by atoms with Gasteiger partial charge in [0.1, 0.15) is 5.69 Å². The van der Waals surface area contributed by atoms with Gasteiger partial charge in [-0.1, -0.05) is 12.1 Å². The number of pyridine rings is 1. The molecule has 2 aromatic rings. The van der Waals surface area contributed by atoms with E-state index in [4.69, 9.17) is 0 Å². The summed E-state index contributed by atoms with van der Waals surface area (Å²) in [4.78, 5) is 15.9. The van der Waals surface area contributed by atoms with Crippen molar-refractivity contribution in [2.75, 3.05) is 5.32 Å². The lowest BCUT2D eigenvalue weighted by atomic mass is 10.2. The molecule has 0 aliphatic carbocycles. The number of hydrogen-bond donors (Lipinski definition) is 2. The topological polar surface area (TPSA) is 54.0 Å². The number of rotatable bonds is 4. The molecule has 0 saturated heterocycles. The molecule has 0 atom stereocenters. The molecular formula is C15H16BrN3O. The van der Waals surface area contributed by atoms with Crippen molar-refractivity contribution in [3.05, 3.63) is 52.8 Å². The summed E-state index contributed by atoms with van der Waals surface area (Å²) in [5.74, 6) is -0.160. The first-order valence-corrected chi connectivity index (χ1v) is 7.14. The second-order valence-electron chi connectivity index (χ2n) is 4.67. The van der Waals surface area contributed by atoms with E-state index < -0.39 is 0 Å². The predicted octanol–water partition coefficient (Wildman–Crippen LogP) is 3.73. The van der Waals surface area contributed by atoms with Crippen LogP contribution in [0.5, 0.6) is 0 Å². The molecule has 1 heterocycles. The van der Waals surface area contributed by atoms with E-state index in [1.165, 1.54) is 0 Å². The number of nitrogens with zero attached hydrogens (tertiary/aromatic N) is 1. The molecular weight excluding hydrogens is 318 g/mol. The lowest BCUT2D eigenvalue weighted by Gasteiger charge is -2.10. The molecule has 0 saturated carbocycles. The Morgan fingerprint density at radius 1 is 1.20 bits per heavy atom. The number of anilines is 2. The fourth-order valence-corrected chi connectivity index (χ4v) is 2.04. The number of carbonyl (C=O) groups excluding carboxylic acids is 1. The smallest absolute Gasteiger partial charge is 0.270 e. The van der Waals surface area contributed by atoms with Gasteiger partial charge in [-0.15, -0.1) is 0 Å². The Hall–Kier alpha value is -1.88. The molecule has 2 rings (SSSR count). The van der Waals surface area contributed by atoms with E-state index in [2.05, 4.69) is 31.5 Å². The molecule has 0 radical (unpaired) electrons. The van der Waals surface area contributed by atoms with Crippen LogP contribution in [-0.2, 0) is 0 Å². The number of nitrogens with one attached hydrogen (secondary N) is 2. The van der Waals surface area contributed by atoms with Crippen LogP contribution in [-0.4, -0.2) is 16.9 Å². The minimum atomic E-state index is -0.160. The largest absolute Gasteiger partial charge is 0.353 e. The summed E-state index contributed by atoms with van der Waals surface area (Å²) in [6, 6.07) is 11.5. The molecule has 0 unspecified atom stereocenters. The third-order valence-electron chi connectivity index (χ3n) is 2.57. The van der Waals surface area contributed by atoms with Crippen molar-refractivity contribution in [1.82, 2.24) is 10.3 Å². The van der Waals surface area contributed by atoms with Gasteiger partial charge in [-0.2, -0.15) is 0 Å². The molecule has 5 heteroatoms. The van der Waals surface area contributed by atoms with E-state index in [9.17, 15) is 4.79 Å². The van der Waals surface area contributed by atoms with Crippen molar-refractivity contribution in [3.63, 3.8) is 0 Å². The van der Waals surface area contributed by atoms with Crippen molar-refractivity contribution in [2.45, 2.75) is 19.9 Å². The van der Waals surface area contributed by atoms with Crippen LogP contribution >= 0.6 is 15.9 Å². The van der Waals surface area contributed by atoms with E-state index >= 15 is 0 Å². The maximum absolute atomic E-state index is 11.8. The second-order valence-corrected chi connectivity index (χ2v) is 5.52. The molecule has 1 aromatic heterocycles. The standard InChI is InChI=1S/C15H16BrN3O/c1-10(2)18-15(20)14-8-7-11(9-17-14)19-13-6-4-3-5-12(13)16/h3-10,19H,1-2H3,(H,18,20). The normalized spacial score (nSPS) is 10.4. The minimum absolute atomic E-state index is 0.0994. The fraction of sp³-hybridized carbons (Fsp3) is 0.200. The van der Waals surface area contributed by atoms with Crippen molar-refractivity contribution in [3.8, 4) is 0 Å². The summed E-state index contributed by atoms with van der Waals surface area (Å²) >= 11 is 3.47. The van der Waals surface area contributed by atoms with E-state index in [1.807, 2.05) is 44.2 Å². The number of amides is 1. The van der Waals surface area contributed by atoms with E-state index in [1.54, 1.807) is 12.3 Å². The lowest BCUT2D eigenvalue weighted by Crippen LogP contribution is -2.30. The first-order chi connectivity index (χ1) is 9.56. The summed E-state index contributed by atoms with van der Waals surface area (Å²) in [7, 11) is 0. The quantitative estimate of drug-likeness (QED) is 0.896. The zero-order chi connectivity index (χ0) is 14.5. The summed E-state index contributed by atoms with van der Waals surface area (Å²) in [5.41, 5.74) is 2.20. The highest BCUT2D eigenvalue weighted by atomic mass is 79.9. The van der Waals surface area contributed by atoms with Crippen LogP contribution in [0.15, 0.2) is 47.1 Å². The number of carbonyl (C=O) groups is 1. The molecule has 0 bridgehead atoms. The number of para-hydroxylation sites is 1. The first kappa shape index (κ1) is 14.5. The number of benzene rings is 1. The van der Waals surface area contributed by atoms with Gasteiger partial charge in [-0.05, 0) is 54.0 Å². The molecule has 0 aliphatic heterocycles. The van der Waals surface area contributed by atoms with Gasteiger partial charge < -0.3 is 10.6 Å². The van der Waals surface area contributed by atoms with E-state index in [-0.39, 0.29) is 11.9 Å². The maximum Gasteiger partial charge on any atom is 0.270 e. The number of halogens is 1. The summed E-state index contributed by atoms with van der Waals surface area (Å²) in [5, 5.41) is 6.05. The Labute approximate surface area is 126 Å². The Morgan fingerprint density at radius 3 is 2.55 bits per heavy atom. The minimum Gasteiger partial charge on any atom is -0.353 e. The predicted molar refractivity (Wildman–Crippen MR) is 84.3 cm³/mol. The van der Waals surface area contributed by atoms with Gasteiger partial charge >= 0.3 is 0 Å². The van der Waals surface area contributed by atoms with Crippen LogP contribution in [0.1, 0.15) is 24.3 Å². The highest BCUT2D eigenvalue weighted by Crippen LogP contribution is 2.24. The number of aromatic nitrogens is 1. The third-order valence-corrected chi connectivity index (χ3v) is 3.26. The lowest BCUT2D eigenvalue weighted by molar-refractivity contribution is 0.0938. The van der Waals surface area contributed by atoms with Crippen molar-refractivity contribution in [2.24, 2.45) is 0 Å². The van der Waals surface area contributed by atoms with Gasteiger partial charge in [0.05, 0.1) is 17.6 Å². The Morgan fingerprint density at radius 2 is 1.95 bits per heavy atom. The van der Waals surface area contributed by atoms with E-state index in [0.29, 0.717) is 5.69 Å². The highest BCUT2D eigenvalue weighted by Gasteiger charge is 2.08. The van der Waals surface area contributed by atoms with Crippen LogP contribution in [0.3, 0.4) is 0 Å². The molecule has 0 spiro atoms. The Bertz CT molecular complexity index is 596. The maximum atomic E-state index is 11.8. The van der Waals surface area contributed by atoms with Gasteiger partial charge in [0.15, 0.2) is 0 Å². The molecule has 4 nitrogen and oxygen atoms in total. The molecule has 2 N–H and O–H groups in total. The average Bonchev–Trinajstić information content (AvgIpc) is 2.41. The SMILES string of the molecule is CC(C)NC(=O)c1ccc(Nc2ccccc2Br)cn1. The van der Waals surface area contributed by atoms with Crippen molar-refractivity contribution in [1.29, 1.82) is 0 Å². The number of hydrogen-bond acceptors (Lipinski definition) is 3. The van der Waals surface area contributed by atoms with Crippen molar-refractivity contribution >= 4 is 33.2 Å². The third kappa shape index (κ3) is 3.81. The zero-order valence-corrected chi connectivity index (χ0v) is 12.9. The zero-order valence-electron chi connectivity index (χ0n) is 11.4. The van der Waals surface area contributed by atoms with Crippen LogP contribution < -0.4 is 10.6 Å². The highest BCUT2D eigenvalue weighted by molar-refractivity contribution is 9.10. The molecule has 104 valence electrons. The van der Waals surface area contributed by atoms with Crippen LogP contribution in [0.4, 0.5) is 11.4 Å². The monoisotopic (exact) mass is 333 g/mol. The van der Waals surface area contributed by atoms with Crippen LogP contribution in [0.25, 0.3) is 0 Å². The van der Waals surface area contributed by atoms with Gasteiger partial charge in [0.25, 0.3) is 5.91 Å². The van der Waals surface area contributed by atoms with Gasteiger partial charge in [-0.25, -0.2) is 4.98 Å². The van der Waals surface area contributed by atoms with Gasteiger partial charge in [0.2, 0.25) is 0 Å². The van der Waals surface area contributed by atoms with Gasteiger partial charge in [-0.3, -0.25) is 4.79 Å². The summed E-state index contributed by atoms with van der Waals surface area (Å²) in [6.45, 7) is 3.83. The van der Waals surface area contributed by atoms with E-state index in [0.717, 1.165) is 15.8 Å².